The van der Waals surface area contributed by atoms with E-state index in [4.69, 9.17) is 4.74 Å². The maximum atomic E-state index is 13.7. The molecule has 3 rings (SSSR count). The first-order valence-electron chi connectivity index (χ1n) is 6.70. The van der Waals surface area contributed by atoms with Crippen LogP contribution in [0.3, 0.4) is 0 Å². The largest absolute Gasteiger partial charge is 0.494 e. The predicted molar refractivity (Wildman–Crippen MR) is 90.1 cm³/mol. The molecule has 0 spiro atoms. The van der Waals surface area contributed by atoms with E-state index in [9.17, 15) is 14.5 Å². The Morgan fingerprint density at radius 1 is 1.38 bits per heavy atom. The quantitative estimate of drug-likeness (QED) is 0.528. The van der Waals surface area contributed by atoms with E-state index >= 15 is 0 Å². The van der Waals surface area contributed by atoms with Gasteiger partial charge >= 0.3 is 5.69 Å². The van der Waals surface area contributed by atoms with Gasteiger partial charge in [-0.25, -0.2) is 9.97 Å². The zero-order chi connectivity index (χ0) is 17.3. The lowest BCUT2D eigenvalue weighted by atomic mass is 10.2. The van der Waals surface area contributed by atoms with Crippen molar-refractivity contribution >= 4 is 44.2 Å². The van der Waals surface area contributed by atoms with Crippen LogP contribution in [0.25, 0.3) is 10.9 Å². The average molecular weight is 393 g/mol. The zero-order valence-electron chi connectivity index (χ0n) is 12.3. The summed E-state index contributed by atoms with van der Waals surface area (Å²) in [4.78, 5) is 18.6. The number of ether oxygens (including phenoxy) is 1. The van der Waals surface area contributed by atoms with E-state index in [1.165, 1.54) is 7.11 Å². The Bertz CT molecular complexity index is 951. The van der Waals surface area contributed by atoms with Crippen LogP contribution in [0.5, 0.6) is 5.75 Å². The summed E-state index contributed by atoms with van der Waals surface area (Å²) >= 11 is 3.40. The van der Waals surface area contributed by atoms with Gasteiger partial charge in [0.1, 0.15) is 5.75 Å². The number of halogens is 2. The molecule has 1 N–H and O–H groups in total. The number of rotatable bonds is 4. The summed E-state index contributed by atoms with van der Waals surface area (Å²) in [6, 6.07) is 7.53. The number of hydrogen-bond donors (Lipinski definition) is 1. The molecular weight excluding hydrogens is 383 g/mol. The molecule has 1 heterocycles. The number of nitro benzene ring substituents is 1. The van der Waals surface area contributed by atoms with Crippen LogP contribution in [-0.2, 0) is 0 Å². The molecule has 0 bridgehead atoms. The molecule has 2 aromatic carbocycles. The SMILES string of the molecule is COc1cc(F)c([N+](=O)[O-])cc1Nc1ncc2cccc(Br)c2n1. The molecule has 0 fully saturated rings. The van der Waals surface area contributed by atoms with Crippen LogP contribution in [0, 0.1) is 15.9 Å². The molecule has 3 aromatic rings. The van der Waals surface area contributed by atoms with Crippen molar-refractivity contribution < 1.29 is 14.1 Å². The van der Waals surface area contributed by atoms with Crippen LogP contribution in [-0.4, -0.2) is 22.0 Å². The smallest absolute Gasteiger partial charge is 0.307 e. The lowest BCUT2D eigenvalue weighted by molar-refractivity contribution is -0.387. The summed E-state index contributed by atoms with van der Waals surface area (Å²) in [6.45, 7) is 0. The third-order valence-corrected chi connectivity index (χ3v) is 3.91. The summed E-state index contributed by atoms with van der Waals surface area (Å²) < 4.78 is 19.5. The van der Waals surface area contributed by atoms with E-state index in [-0.39, 0.29) is 17.4 Å². The Kier molecular flexibility index (Phi) is 4.26. The normalized spacial score (nSPS) is 10.6. The van der Waals surface area contributed by atoms with Crippen molar-refractivity contribution in [2.45, 2.75) is 0 Å². The standard InChI is InChI=1S/C15H10BrFN4O3/c1-24-13-5-10(17)12(21(22)23)6-11(13)19-15-18-7-8-3-2-4-9(16)14(8)20-15/h2-7H,1H3,(H,18,19,20). The van der Waals surface area contributed by atoms with Crippen LogP contribution < -0.4 is 10.1 Å². The number of nitrogens with one attached hydrogen (secondary N) is 1. The highest BCUT2D eigenvalue weighted by Crippen LogP contribution is 2.33. The summed E-state index contributed by atoms with van der Waals surface area (Å²) in [5, 5.41) is 14.6. The maximum Gasteiger partial charge on any atom is 0.307 e. The van der Waals surface area contributed by atoms with E-state index < -0.39 is 16.4 Å². The molecule has 0 aliphatic rings. The molecule has 0 aliphatic heterocycles. The van der Waals surface area contributed by atoms with Gasteiger partial charge in [-0.3, -0.25) is 10.1 Å². The summed E-state index contributed by atoms with van der Waals surface area (Å²) in [5.74, 6) is -0.674. The molecule has 0 atom stereocenters. The zero-order valence-corrected chi connectivity index (χ0v) is 13.9. The Balaban J connectivity index is 2.06. The molecule has 0 aliphatic carbocycles. The van der Waals surface area contributed by atoms with E-state index in [0.29, 0.717) is 5.52 Å². The first-order valence-corrected chi connectivity index (χ1v) is 7.49. The third kappa shape index (κ3) is 2.98. The van der Waals surface area contributed by atoms with Crippen molar-refractivity contribution in [2.75, 3.05) is 12.4 Å². The Morgan fingerprint density at radius 3 is 2.88 bits per heavy atom. The van der Waals surface area contributed by atoms with Gasteiger partial charge in [0.15, 0.2) is 0 Å². The molecule has 7 nitrogen and oxygen atoms in total. The van der Waals surface area contributed by atoms with Crippen LogP contribution in [0.2, 0.25) is 0 Å². The monoisotopic (exact) mass is 392 g/mol. The second-order valence-corrected chi connectivity index (χ2v) is 5.61. The molecule has 9 heteroatoms. The van der Waals surface area contributed by atoms with E-state index in [1.807, 2.05) is 18.2 Å². The lowest BCUT2D eigenvalue weighted by Gasteiger charge is -2.11. The molecule has 122 valence electrons. The van der Waals surface area contributed by atoms with Gasteiger partial charge in [-0.1, -0.05) is 12.1 Å². The van der Waals surface area contributed by atoms with E-state index in [0.717, 1.165) is 22.0 Å². The summed E-state index contributed by atoms with van der Waals surface area (Å²) in [5.41, 5.74) is 0.197. The molecule has 0 saturated carbocycles. The first-order chi connectivity index (χ1) is 11.5. The lowest BCUT2D eigenvalue weighted by Crippen LogP contribution is -2.02. The minimum Gasteiger partial charge on any atom is -0.494 e. The highest BCUT2D eigenvalue weighted by atomic mass is 79.9. The Morgan fingerprint density at radius 2 is 2.17 bits per heavy atom. The number of fused-ring (bicyclic) bond motifs is 1. The number of nitro groups is 1. The van der Waals surface area contributed by atoms with Crippen LogP contribution in [0.1, 0.15) is 0 Å². The molecule has 0 saturated heterocycles. The average Bonchev–Trinajstić information content (AvgIpc) is 2.56. The number of nitrogens with zero attached hydrogens (tertiary/aromatic N) is 3. The summed E-state index contributed by atoms with van der Waals surface area (Å²) in [6.07, 6.45) is 1.61. The van der Waals surface area contributed by atoms with Crippen molar-refractivity contribution in [3.63, 3.8) is 0 Å². The Labute approximate surface area is 143 Å². The number of aromatic nitrogens is 2. The van der Waals surface area contributed by atoms with Gasteiger partial charge in [0.25, 0.3) is 0 Å². The highest BCUT2D eigenvalue weighted by molar-refractivity contribution is 9.10. The number of methoxy groups -OCH3 is 1. The van der Waals surface area contributed by atoms with Crippen LogP contribution in [0.4, 0.5) is 21.7 Å². The van der Waals surface area contributed by atoms with Gasteiger partial charge in [0.2, 0.25) is 11.8 Å². The molecule has 0 amide bonds. The molecular formula is C15H10BrFN4O3. The van der Waals surface area contributed by atoms with Crippen LogP contribution in [0.15, 0.2) is 41.0 Å². The van der Waals surface area contributed by atoms with Crippen molar-refractivity contribution in [1.29, 1.82) is 0 Å². The van der Waals surface area contributed by atoms with E-state index in [1.54, 1.807) is 6.20 Å². The molecule has 0 unspecified atom stereocenters. The van der Waals surface area contributed by atoms with Crippen molar-refractivity contribution in [3.8, 4) is 5.75 Å². The third-order valence-electron chi connectivity index (χ3n) is 3.27. The number of benzene rings is 2. The second-order valence-electron chi connectivity index (χ2n) is 4.76. The van der Waals surface area contributed by atoms with E-state index in [2.05, 4.69) is 31.2 Å². The molecule has 1 aromatic heterocycles. The minimum absolute atomic E-state index is 0.105. The minimum atomic E-state index is -0.982. The molecule has 24 heavy (non-hydrogen) atoms. The predicted octanol–water partition coefficient (Wildman–Crippen LogP) is 4.19. The van der Waals surface area contributed by atoms with Gasteiger partial charge in [-0.2, -0.15) is 4.39 Å². The Hall–Kier alpha value is -2.81. The number of para-hydroxylation sites is 1. The van der Waals surface area contributed by atoms with Gasteiger partial charge in [0, 0.05) is 28.2 Å². The maximum absolute atomic E-state index is 13.7. The fourth-order valence-corrected chi connectivity index (χ4v) is 2.62. The van der Waals surface area contributed by atoms with Gasteiger partial charge in [0.05, 0.1) is 23.2 Å². The first kappa shape index (κ1) is 16.1. The number of hydrogen-bond acceptors (Lipinski definition) is 6. The van der Waals surface area contributed by atoms with Gasteiger partial charge < -0.3 is 10.1 Å². The van der Waals surface area contributed by atoms with Crippen molar-refractivity contribution in [1.82, 2.24) is 9.97 Å². The molecule has 0 radical (unpaired) electrons. The summed E-state index contributed by atoms with van der Waals surface area (Å²) in [7, 11) is 1.34. The second kappa shape index (κ2) is 6.36. The fourth-order valence-electron chi connectivity index (χ4n) is 2.15. The number of anilines is 2. The van der Waals surface area contributed by atoms with Gasteiger partial charge in [-0.15, -0.1) is 0 Å². The van der Waals surface area contributed by atoms with Crippen molar-refractivity contribution in [2.24, 2.45) is 0 Å². The van der Waals surface area contributed by atoms with Crippen LogP contribution >= 0.6 is 15.9 Å². The highest BCUT2D eigenvalue weighted by Gasteiger charge is 2.19. The van der Waals surface area contributed by atoms with Gasteiger partial charge in [-0.05, 0) is 22.0 Å². The fraction of sp³-hybridized carbons (Fsp3) is 0.0667. The topological polar surface area (TPSA) is 90.2 Å². The van der Waals surface area contributed by atoms with Crippen molar-refractivity contribution in [3.05, 3.63) is 56.9 Å².